The van der Waals surface area contributed by atoms with Gasteiger partial charge >= 0.3 is 5.97 Å². The Bertz CT molecular complexity index is 459. The summed E-state index contributed by atoms with van der Waals surface area (Å²) in [5.74, 6) is -0.658. The molecule has 0 aliphatic heterocycles. The van der Waals surface area contributed by atoms with Crippen LogP contribution in [-0.4, -0.2) is 11.1 Å². The van der Waals surface area contributed by atoms with E-state index in [4.69, 9.17) is 5.11 Å². The van der Waals surface area contributed by atoms with Crippen LogP contribution in [0.15, 0.2) is 24.4 Å². The zero-order valence-electron chi connectivity index (χ0n) is 16.2. The molecule has 0 aliphatic carbocycles. The van der Waals surface area contributed by atoms with Gasteiger partial charge in [-0.25, -0.2) is 4.57 Å². The topological polar surface area (TPSA) is 41.2 Å². The van der Waals surface area contributed by atoms with Crippen LogP contribution in [0.3, 0.4) is 0 Å². The van der Waals surface area contributed by atoms with Gasteiger partial charge in [0.2, 0.25) is 0 Å². The summed E-state index contributed by atoms with van der Waals surface area (Å²) in [5.41, 5.74) is 1.44. The Balaban J connectivity index is 1.77. The maximum absolute atomic E-state index is 10.4. The van der Waals surface area contributed by atoms with Crippen molar-refractivity contribution in [3.63, 3.8) is 0 Å². The zero-order valence-corrected chi connectivity index (χ0v) is 16.2. The molecule has 0 aliphatic rings. The van der Waals surface area contributed by atoms with E-state index >= 15 is 0 Å². The van der Waals surface area contributed by atoms with Crippen molar-refractivity contribution < 1.29 is 14.5 Å². The molecule has 0 saturated heterocycles. The molecule has 1 N–H and O–H groups in total. The third-order valence-electron chi connectivity index (χ3n) is 4.99. The normalized spacial score (nSPS) is 10.9. The molecule has 3 nitrogen and oxygen atoms in total. The summed E-state index contributed by atoms with van der Waals surface area (Å²) in [7, 11) is 2.13. The first-order chi connectivity index (χ1) is 12.2. The van der Waals surface area contributed by atoms with Crippen molar-refractivity contribution in [2.45, 2.75) is 96.3 Å². The zero-order chi connectivity index (χ0) is 18.2. The summed E-state index contributed by atoms with van der Waals surface area (Å²) in [6.45, 7) is 0. The second-order valence-electron chi connectivity index (χ2n) is 7.29. The van der Waals surface area contributed by atoms with E-state index < -0.39 is 5.97 Å². The van der Waals surface area contributed by atoms with Crippen molar-refractivity contribution >= 4 is 5.97 Å². The molecule has 142 valence electrons. The molecule has 0 spiro atoms. The highest BCUT2D eigenvalue weighted by molar-refractivity contribution is 5.66. The molecule has 1 aromatic rings. The minimum atomic E-state index is -0.658. The Kier molecular flexibility index (Phi) is 12.9. The minimum absolute atomic E-state index is 0.337. The molecule has 1 heterocycles. The lowest BCUT2D eigenvalue weighted by Crippen LogP contribution is -2.32. The molecule has 0 radical (unpaired) electrons. The van der Waals surface area contributed by atoms with Crippen molar-refractivity contribution in [3.05, 3.63) is 30.1 Å². The number of aliphatic carboxylic acids is 1. The van der Waals surface area contributed by atoms with E-state index in [1.807, 2.05) is 0 Å². The number of carboxylic acids is 1. The quantitative estimate of drug-likeness (QED) is 0.312. The molecule has 0 unspecified atom stereocenters. The van der Waals surface area contributed by atoms with Gasteiger partial charge in [0, 0.05) is 25.0 Å². The van der Waals surface area contributed by atoms with E-state index in [0.29, 0.717) is 6.42 Å². The van der Waals surface area contributed by atoms with Crippen LogP contribution in [0.2, 0.25) is 0 Å². The van der Waals surface area contributed by atoms with Crippen molar-refractivity contribution in [1.82, 2.24) is 0 Å². The second kappa shape index (κ2) is 14.9. The molecule has 0 bridgehead atoms. The summed E-state index contributed by atoms with van der Waals surface area (Å²) < 4.78 is 2.23. The third-order valence-corrected chi connectivity index (χ3v) is 4.99. The minimum Gasteiger partial charge on any atom is -0.481 e. The van der Waals surface area contributed by atoms with E-state index in [0.717, 1.165) is 12.8 Å². The monoisotopic (exact) mass is 348 g/mol. The van der Waals surface area contributed by atoms with Gasteiger partial charge in [-0.15, -0.1) is 0 Å². The Labute approximate surface area is 154 Å². The fourth-order valence-electron chi connectivity index (χ4n) is 3.35. The first-order valence-corrected chi connectivity index (χ1v) is 10.4. The van der Waals surface area contributed by atoms with Crippen LogP contribution in [-0.2, 0) is 18.3 Å². The Morgan fingerprint density at radius 1 is 0.800 bits per heavy atom. The van der Waals surface area contributed by atoms with Gasteiger partial charge in [-0.2, -0.15) is 0 Å². The second-order valence-corrected chi connectivity index (χ2v) is 7.29. The van der Waals surface area contributed by atoms with Gasteiger partial charge in [-0.1, -0.05) is 76.7 Å². The Morgan fingerprint density at radius 2 is 1.28 bits per heavy atom. The molecular formula is C22H38NO2+. The highest BCUT2D eigenvalue weighted by atomic mass is 16.4. The first-order valence-electron chi connectivity index (χ1n) is 10.4. The van der Waals surface area contributed by atoms with Gasteiger partial charge in [-0.3, -0.25) is 4.79 Å². The number of aryl methyl sites for hydroxylation is 2. The van der Waals surface area contributed by atoms with Crippen LogP contribution >= 0.6 is 0 Å². The van der Waals surface area contributed by atoms with Gasteiger partial charge in [0.05, 0.1) is 0 Å². The van der Waals surface area contributed by atoms with E-state index in [-0.39, 0.29) is 0 Å². The van der Waals surface area contributed by atoms with Crippen LogP contribution in [0.25, 0.3) is 0 Å². The number of carbonyl (C=O) groups is 1. The van der Waals surface area contributed by atoms with E-state index in [9.17, 15) is 4.79 Å². The van der Waals surface area contributed by atoms with Gasteiger partial charge in [0.1, 0.15) is 7.05 Å². The SMILES string of the molecule is C[n+]1ccccc1CCCCCCCCCCCCCCCC(=O)O. The van der Waals surface area contributed by atoms with E-state index in [1.54, 1.807) is 0 Å². The summed E-state index contributed by atoms with van der Waals surface area (Å²) in [6, 6.07) is 6.44. The summed E-state index contributed by atoms with van der Waals surface area (Å²) >= 11 is 0. The average Bonchev–Trinajstić information content (AvgIpc) is 2.59. The summed E-state index contributed by atoms with van der Waals surface area (Å²) in [6.07, 6.45) is 20.3. The molecule has 25 heavy (non-hydrogen) atoms. The molecule has 1 aromatic heterocycles. The van der Waals surface area contributed by atoms with Gasteiger partial charge < -0.3 is 5.11 Å². The molecule has 0 saturated carbocycles. The lowest BCUT2D eigenvalue weighted by atomic mass is 10.0. The van der Waals surface area contributed by atoms with Crippen LogP contribution in [0.4, 0.5) is 0 Å². The molecule has 3 heteroatoms. The van der Waals surface area contributed by atoms with Gasteiger partial charge in [0.15, 0.2) is 11.9 Å². The van der Waals surface area contributed by atoms with Crippen LogP contribution in [0.1, 0.15) is 95.6 Å². The molecule has 0 atom stereocenters. The molecular weight excluding hydrogens is 310 g/mol. The lowest BCUT2D eigenvalue weighted by Gasteiger charge is -2.03. The molecule has 0 aromatic carbocycles. The van der Waals surface area contributed by atoms with Crippen molar-refractivity contribution in [3.8, 4) is 0 Å². The van der Waals surface area contributed by atoms with Crippen LogP contribution in [0, 0.1) is 0 Å². The van der Waals surface area contributed by atoms with Gasteiger partial charge in [0.25, 0.3) is 0 Å². The Morgan fingerprint density at radius 3 is 1.76 bits per heavy atom. The first kappa shape index (κ1) is 21.7. The highest BCUT2D eigenvalue weighted by Crippen LogP contribution is 2.13. The van der Waals surface area contributed by atoms with Crippen molar-refractivity contribution in [1.29, 1.82) is 0 Å². The number of hydrogen-bond acceptors (Lipinski definition) is 1. The lowest BCUT2D eigenvalue weighted by molar-refractivity contribution is -0.679. The van der Waals surface area contributed by atoms with Crippen LogP contribution in [0.5, 0.6) is 0 Å². The van der Waals surface area contributed by atoms with Crippen molar-refractivity contribution in [2.75, 3.05) is 0 Å². The standard InChI is InChI=1S/C22H37NO2/c1-23-20-16-15-18-21(23)17-13-11-9-7-5-3-2-4-6-8-10-12-14-19-22(24)25/h15-16,18,20H,2-14,17,19H2,1H3/p+1. The largest absolute Gasteiger partial charge is 0.481 e. The van der Waals surface area contributed by atoms with Gasteiger partial charge in [-0.05, 0) is 12.8 Å². The molecule has 1 rings (SSSR count). The summed E-state index contributed by atoms with van der Waals surface area (Å²) in [5, 5.41) is 8.57. The number of hydrogen-bond donors (Lipinski definition) is 1. The number of rotatable bonds is 16. The van der Waals surface area contributed by atoms with E-state index in [2.05, 4.69) is 36.0 Å². The number of unbranched alkanes of at least 4 members (excludes halogenated alkanes) is 12. The predicted octanol–water partition coefficient (Wildman–Crippen LogP) is 5.60. The Hall–Kier alpha value is -1.38. The average molecular weight is 349 g/mol. The van der Waals surface area contributed by atoms with Crippen molar-refractivity contribution in [2.24, 2.45) is 7.05 Å². The summed E-state index contributed by atoms with van der Waals surface area (Å²) in [4.78, 5) is 10.4. The maximum atomic E-state index is 10.4. The highest BCUT2D eigenvalue weighted by Gasteiger charge is 2.03. The predicted molar refractivity (Wildman–Crippen MR) is 104 cm³/mol. The fraction of sp³-hybridized carbons (Fsp3) is 0.727. The number of carboxylic acid groups (broad SMARTS) is 1. The molecule has 0 fully saturated rings. The number of pyridine rings is 1. The maximum Gasteiger partial charge on any atom is 0.303 e. The third kappa shape index (κ3) is 12.6. The smallest absolute Gasteiger partial charge is 0.303 e. The van der Waals surface area contributed by atoms with E-state index in [1.165, 1.54) is 82.7 Å². The van der Waals surface area contributed by atoms with Crippen LogP contribution < -0.4 is 4.57 Å². The molecule has 0 amide bonds. The number of nitrogens with zero attached hydrogens (tertiary/aromatic N) is 1. The number of aromatic nitrogens is 1. The fourth-order valence-corrected chi connectivity index (χ4v) is 3.35.